The summed E-state index contributed by atoms with van der Waals surface area (Å²) in [4.78, 5) is 48.1. The third kappa shape index (κ3) is 11.2. The maximum atomic E-state index is 13.2. The van der Waals surface area contributed by atoms with Gasteiger partial charge in [-0.15, -0.1) is 0 Å². The lowest BCUT2D eigenvalue weighted by Gasteiger charge is -2.41. The molecule has 2 aliphatic rings. The molecule has 0 radical (unpaired) electrons. The van der Waals surface area contributed by atoms with E-state index in [0.29, 0.717) is 62.7 Å². The number of aliphatic hydroxyl groups excluding tert-OH is 1. The molecule has 274 valence electrons. The second kappa shape index (κ2) is 19.3. The van der Waals surface area contributed by atoms with Crippen LogP contribution in [0.2, 0.25) is 0 Å². The molecule has 2 aliphatic heterocycles. The number of rotatable bonds is 14. The largest absolute Gasteiger partial charge is 0.494 e. The summed E-state index contributed by atoms with van der Waals surface area (Å²) >= 11 is 0. The minimum atomic E-state index is -1.82. The number of aliphatic carboxylic acids is 2. The third-order valence-corrected chi connectivity index (χ3v) is 8.89. The van der Waals surface area contributed by atoms with Gasteiger partial charge in [-0.25, -0.2) is 9.59 Å². The highest BCUT2D eigenvalue weighted by Crippen LogP contribution is 2.33. The van der Waals surface area contributed by atoms with E-state index in [4.69, 9.17) is 34.0 Å². The number of carbonyl (C=O) groups excluding carboxylic acids is 2. The molecule has 2 amide bonds. The predicted molar refractivity (Wildman–Crippen MR) is 189 cm³/mol. The smallest absolute Gasteiger partial charge is 0.414 e. The van der Waals surface area contributed by atoms with Crippen LogP contribution in [-0.2, 0) is 27.3 Å². The van der Waals surface area contributed by atoms with E-state index in [1.807, 2.05) is 70.5 Å². The summed E-state index contributed by atoms with van der Waals surface area (Å²) in [6.45, 7) is 2.94. The van der Waals surface area contributed by atoms with Gasteiger partial charge in [0.2, 0.25) is 5.91 Å². The predicted octanol–water partition coefficient (Wildman–Crippen LogP) is 4.14. The van der Waals surface area contributed by atoms with Gasteiger partial charge in [0, 0.05) is 49.9 Å². The zero-order valence-corrected chi connectivity index (χ0v) is 29.1. The van der Waals surface area contributed by atoms with E-state index in [9.17, 15) is 14.7 Å². The van der Waals surface area contributed by atoms with Crippen molar-refractivity contribution in [3.8, 4) is 17.2 Å². The zero-order chi connectivity index (χ0) is 36.8. The normalized spacial score (nSPS) is 14.8. The molecule has 13 heteroatoms. The van der Waals surface area contributed by atoms with Crippen LogP contribution < -0.4 is 24.4 Å². The van der Waals surface area contributed by atoms with E-state index in [1.54, 1.807) is 14.2 Å². The van der Waals surface area contributed by atoms with Crippen LogP contribution in [-0.4, -0.2) is 96.6 Å². The van der Waals surface area contributed by atoms with Crippen molar-refractivity contribution in [2.45, 2.75) is 63.6 Å². The zero-order valence-electron chi connectivity index (χ0n) is 29.1. The van der Waals surface area contributed by atoms with E-state index >= 15 is 0 Å². The molecule has 1 fully saturated rings. The SMILES string of the molecule is COc1ccc(CNCC(O)CCCCOc2ccc(C(=O)N3CCC(N4C(=O)CCc5ccccc54)CC3)cc2)cc1OC.O=C(O)C(=O)O. The number of amides is 2. The highest BCUT2D eigenvalue weighted by atomic mass is 16.5. The number of carbonyl (C=O) groups is 4. The molecule has 0 bridgehead atoms. The number of carboxylic acids is 2. The van der Waals surface area contributed by atoms with E-state index in [-0.39, 0.29) is 17.9 Å². The van der Waals surface area contributed by atoms with Gasteiger partial charge in [-0.1, -0.05) is 24.3 Å². The quantitative estimate of drug-likeness (QED) is 0.140. The molecule has 0 aliphatic carbocycles. The van der Waals surface area contributed by atoms with Crippen molar-refractivity contribution in [3.05, 3.63) is 83.4 Å². The topological polar surface area (TPSA) is 175 Å². The number of benzene rings is 3. The molecule has 3 aromatic rings. The number of likely N-dealkylation sites (tertiary alicyclic amines) is 1. The first-order chi connectivity index (χ1) is 24.6. The number of para-hydroxylation sites is 1. The maximum absolute atomic E-state index is 13.2. The molecule has 13 nitrogen and oxygen atoms in total. The van der Waals surface area contributed by atoms with E-state index in [0.717, 1.165) is 49.1 Å². The average Bonchev–Trinajstić information content (AvgIpc) is 3.15. The van der Waals surface area contributed by atoms with Gasteiger partial charge in [0.15, 0.2) is 11.5 Å². The summed E-state index contributed by atoms with van der Waals surface area (Å²) in [6, 6.07) is 21.4. The van der Waals surface area contributed by atoms with Gasteiger partial charge in [-0.3, -0.25) is 9.59 Å². The van der Waals surface area contributed by atoms with Crippen LogP contribution in [0, 0.1) is 0 Å². The number of ether oxygens (including phenoxy) is 3. The first kappa shape index (κ1) is 38.7. The molecular weight excluding hydrogens is 658 g/mol. The Labute approximate surface area is 297 Å². The number of unbranched alkanes of at least 4 members (excludes halogenated alkanes) is 1. The second-order valence-corrected chi connectivity index (χ2v) is 12.4. The maximum Gasteiger partial charge on any atom is 0.414 e. The van der Waals surface area contributed by atoms with E-state index in [2.05, 4.69) is 11.4 Å². The van der Waals surface area contributed by atoms with E-state index in [1.165, 1.54) is 5.56 Å². The van der Waals surface area contributed by atoms with Crippen molar-refractivity contribution < 1.29 is 48.7 Å². The number of carboxylic acid groups (broad SMARTS) is 2. The molecule has 3 aromatic carbocycles. The molecule has 1 unspecified atom stereocenters. The molecule has 1 atom stereocenters. The number of anilines is 1. The minimum absolute atomic E-state index is 0.0131. The number of nitrogens with zero attached hydrogens (tertiary/aromatic N) is 2. The lowest BCUT2D eigenvalue weighted by molar-refractivity contribution is -0.159. The van der Waals surface area contributed by atoms with Crippen LogP contribution in [0.4, 0.5) is 5.69 Å². The lowest BCUT2D eigenvalue weighted by atomic mass is 9.95. The fourth-order valence-corrected chi connectivity index (χ4v) is 6.21. The number of methoxy groups -OCH3 is 2. The Morgan fingerprint density at radius 2 is 1.57 bits per heavy atom. The van der Waals surface area contributed by atoms with Crippen molar-refractivity contribution in [2.75, 3.05) is 45.4 Å². The first-order valence-electron chi connectivity index (χ1n) is 17.1. The molecule has 4 N–H and O–H groups in total. The third-order valence-electron chi connectivity index (χ3n) is 8.89. The number of nitrogens with one attached hydrogen (secondary N) is 1. The van der Waals surface area contributed by atoms with Crippen LogP contribution in [0.15, 0.2) is 66.7 Å². The van der Waals surface area contributed by atoms with Gasteiger partial charge in [0.05, 0.1) is 26.9 Å². The number of hydrogen-bond acceptors (Lipinski definition) is 9. The van der Waals surface area contributed by atoms with Crippen LogP contribution in [0.1, 0.15) is 60.0 Å². The fourth-order valence-electron chi connectivity index (χ4n) is 6.21. The summed E-state index contributed by atoms with van der Waals surface area (Å²) in [5, 5.41) is 28.4. The minimum Gasteiger partial charge on any atom is -0.494 e. The molecule has 2 heterocycles. The van der Waals surface area contributed by atoms with E-state index < -0.39 is 18.0 Å². The van der Waals surface area contributed by atoms with Gasteiger partial charge < -0.3 is 44.6 Å². The van der Waals surface area contributed by atoms with Gasteiger partial charge in [0.25, 0.3) is 5.91 Å². The standard InChI is InChI=1S/C36H45N3O6.C2H2O4/c1-43-33-16-10-26(23-34(33)44-2)24-37-25-30(40)8-5-6-22-45-31-14-11-28(12-15-31)36(42)38-20-18-29(19-21-38)39-32-9-4-3-7-27(32)13-17-35(39)41;3-1(4)2(5)6/h3-4,7,9-12,14-16,23,29-30,37,40H,5-6,8,13,17-22,24-25H2,1-2H3;(H,3,4)(H,5,6). The monoisotopic (exact) mass is 705 g/mol. The number of hydrogen-bond donors (Lipinski definition) is 4. The summed E-state index contributed by atoms with van der Waals surface area (Å²) < 4.78 is 16.5. The summed E-state index contributed by atoms with van der Waals surface area (Å²) in [5.74, 6) is -1.34. The molecule has 0 spiro atoms. The fraction of sp³-hybridized carbons (Fsp3) is 0.421. The van der Waals surface area contributed by atoms with Crippen molar-refractivity contribution in [2.24, 2.45) is 0 Å². The summed E-state index contributed by atoms with van der Waals surface area (Å²) in [5.41, 5.74) is 3.96. The van der Waals surface area contributed by atoms with Crippen LogP contribution in [0.5, 0.6) is 17.2 Å². The number of aliphatic hydroxyl groups is 1. The average molecular weight is 706 g/mol. The van der Waals surface area contributed by atoms with Gasteiger partial charge in [-0.2, -0.15) is 0 Å². The molecule has 51 heavy (non-hydrogen) atoms. The molecule has 5 rings (SSSR count). The Balaban J connectivity index is 0.000000894. The van der Waals surface area contributed by atoms with Crippen LogP contribution in [0.25, 0.3) is 0 Å². The molecular formula is C38H47N3O10. The molecule has 0 aromatic heterocycles. The van der Waals surface area contributed by atoms with Crippen LogP contribution >= 0.6 is 0 Å². The Hall–Kier alpha value is -5.14. The Bertz CT molecular complexity index is 1610. The first-order valence-corrected chi connectivity index (χ1v) is 17.1. The van der Waals surface area contributed by atoms with Crippen molar-refractivity contribution in [1.82, 2.24) is 10.2 Å². The highest BCUT2D eigenvalue weighted by molar-refractivity contribution is 6.27. The molecule has 0 saturated carbocycles. The van der Waals surface area contributed by atoms with Gasteiger partial charge >= 0.3 is 11.9 Å². The highest BCUT2D eigenvalue weighted by Gasteiger charge is 2.33. The number of fused-ring (bicyclic) bond motifs is 1. The van der Waals surface area contributed by atoms with Crippen molar-refractivity contribution in [1.29, 1.82) is 0 Å². The van der Waals surface area contributed by atoms with Crippen molar-refractivity contribution >= 4 is 29.4 Å². The molecule has 1 saturated heterocycles. The second-order valence-electron chi connectivity index (χ2n) is 12.4. The van der Waals surface area contributed by atoms with Gasteiger partial charge in [-0.05, 0) is 92.1 Å². The Morgan fingerprint density at radius 3 is 2.24 bits per heavy atom. The number of piperidine rings is 1. The lowest BCUT2D eigenvalue weighted by Crippen LogP contribution is -2.50. The van der Waals surface area contributed by atoms with Crippen LogP contribution in [0.3, 0.4) is 0 Å². The van der Waals surface area contributed by atoms with Gasteiger partial charge in [0.1, 0.15) is 5.75 Å². The summed E-state index contributed by atoms with van der Waals surface area (Å²) in [7, 11) is 3.23. The Morgan fingerprint density at radius 1 is 0.882 bits per heavy atom. The van der Waals surface area contributed by atoms with Crippen molar-refractivity contribution in [3.63, 3.8) is 0 Å². The summed E-state index contributed by atoms with van der Waals surface area (Å²) in [6.07, 6.45) is 4.82. The number of aryl methyl sites for hydroxylation is 1. The Kier molecular flexibility index (Phi) is 14.6.